The van der Waals surface area contributed by atoms with Crippen LogP contribution in [0.15, 0.2) is 231 Å². The Bertz CT molecular complexity index is 4270. The van der Waals surface area contributed by atoms with E-state index in [1.807, 2.05) is 0 Å². The highest BCUT2D eigenvalue weighted by atomic mass is 14.7. The Morgan fingerprint density at radius 1 is 0.212 bits per heavy atom. The van der Waals surface area contributed by atoms with Crippen LogP contribution in [0.1, 0.15) is 0 Å². The summed E-state index contributed by atoms with van der Waals surface area (Å²) in [5, 5.41) is 14.9. The van der Waals surface area contributed by atoms with Gasteiger partial charge in [0.2, 0.25) is 0 Å². The molecule has 66 heavy (non-hydrogen) atoms. The number of aromatic nitrogens is 2. The first-order valence-corrected chi connectivity index (χ1v) is 22.8. The Morgan fingerprint density at radius 3 is 1.24 bits per heavy atom. The van der Waals surface area contributed by atoms with Crippen LogP contribution in [0.25, 0.3) is 142 Å². The first-order chi connectivity index (χ1) is 32.7. The lowest BCUT2D eigenvalue weighted by atomic mass is 9.83. The second-order valence-electron chi connectivity index (χ2n) is 17.7. The molecule has 0 unspecified atom stereocenters. The van der Waals surface area contributed by atoms with Gasteiger partial charge in [-0.1, -0.05) is 206 Å². The van der Waals surface area contributed by atoms with Crippen molar-refractivity contribution < 1.29 is 0 Å². The van der Waals surface area contributed by atoms with E-state index >= 15 is 0 Å². The summed E-state index contributed by atoms with van der Waals surface area (Å²) >= 11 is 0. The molecule has 0 saturated heterocycles. The third kappa shape index (κ3) is 5.55. The molecule has 2 heterocycles. The SMILES string of the molecule is c1ccc(-c2cccc(-c3cccc4ccc5[nH]c6cc(-c7cccc8ccccc78)ccc6c5c34)c2-c2cccc3ccc4[nH]c5cc(-c6cccc7ccccc67)ccc5c4c23)cc1. The maximum atomic E-state index is 3.88. The number of nitrogens with one attached hydrogen (secondary N) is 2. The largest absolute Gasteiger partial charge is 0.354 e. The zero-order chi connectivity index (χ0) is 43.3. The molecule has 0 atom stereocenters. The van der Waals surface area contributed by atoms with Crippen molar-refractivity contribution in [3.05, 3.63) is 231 Å². The normalized spacial score (nSPS) is 11.9. The molecule has 2 heteroatoms. The third-order valence-electron chi connectivity index (χ3n) is 14.1. The van der Waals surface area contributed by atoms with E-state index in [9.17, 15) is 0 Å². The maximum absolute atomic E-state index is 3.88. The third-order valence-corrected chi connectivity index (χ3v) is 14.1. The summed E-state index contributed by atoms with van der Waals surface area (Å²) in [5.41, 5.74) is 16.7. The Labute approximate surface area is 381 Å². The molecule has 0 fully saturated rings. The Hall–Kier alpha value is -8.72. The van der Waals surface area contributed by atoms with Crippen LogP contribution in [0.2, 0.25) is 0 Å². The molecule has 0 aliphatic rings. The molecule has 0 bridgehead atoms. The molecule has 0 saturated carbocycles. The summed E-state index contributed by atoms with van der Waals surface area (Å²) in [6.07, 6.45) is 0. The van der Waals surface area contributed by atoms with Crippen molar-refractivity contribution in [1.29, 1.82) is 0 Å². The van der Waals surface area contributed by atoms with E-state index in [-0.39, 0.29) is 0 Å². The highest BCUT2D eigenvalue weighted by molar-refractivity contribution is 6.28. The van der Waals surface area contributed by atoms with Gasteiger partial charge in [-0.2, -0.15) is 0 Å². The van der Waals surface area contributed by atoms with Gasteiger partial charge >= 0.3 is 0 Å². The van der Waals surface area contributed by atoms with E-state index in [1.165, 1.54) is 120 Å². The second-order valence-corrected chi connectivity index (χ2v) is 17.7. The lowest BCUT2D eigenvalue weighted by Crippen LogP contribution is -1.93. The van der Waals surface area contributed by atoms with Gasteiger partial charge in [0.1, 0.15) is 0 Å². The van der Waals surface area contributed by atoms with Gasteiger partial charge in [-0.25, -0.2) is 0 Å². The van der Waals surface area contributed by atoms with Crippen molar-refractivity contribution in [2.75, 3.05) is 0 Å². The molecule has 14 aromatic rings. The molecule has 14 rings (SSSR count). The van der Waals surface area contributed by atoms with Crippen molar-refractivity contribution in [2.45, 2.75) is 0 Å². The van der Waals surface area contributed by atoms with Crippen molar-refractivity contribution in [2.24, 2.45) is 0 Å². The molecule has 0 aliphatic carbocycles. The number of benzene rings is 12. The highest BCUT2D eigenvalue weighted by Gasteiger charge is 2.22. The summed E-state index contributed by atoms with van der Waals surface area (Å²) in [7, 11) is 0. The number of hydrogen-bond donors (Lipinski definition) is 2. The van der Waals surface area contributed by atoms with Gasteiger partial charge in [0, 0.05) is 43.6 Å². The number of H-pyrrole nitrogens is 2. The molecular weight excluding hydrogens is 797 g/mol. The lowest BCUT2D eigenvalue weighted by Gasteiger charge is -2.20. The summed E-state index contributed by atoms with van der Waals surface area (Å²) in [4.78, 5) is 7.75. The summed E-state index contributed by atoms with van der Waals surface area (Å²) < 4.78 is 0. The first-order valence-electron chi connectivity index (χ1n) is 22.8. The van der Waals surface area contributed by atoms with Crippen molar-refractivity contribution in [3.8, 4) is 55.6 Å². The van der Waals surface area contributed by atoms with Gasteiger partial charge in [-0.15, -0.1) is 0 Å². The molecule has 2 aromatic heterocycles. The molecule has 0 spiro atoms. The van der Waals surface area contributed by atoms with Gasteiger partial charge in [0.25, 0.3) is 0 Å². The van der Waals surface area contributed by atoms with E-state index in [4.69, 9.17) is 0 Å². The van der Waals surface area contributed by atoms with Crippen molar-refractivity contribution in [3.63, 3.8) is 0 Å². The molecule has 0 amide bonds. The quantitative estimate of drug-likeness (QED) is 0.173. The second kappa shape index (κ2) is 14.4. The van der Waals surface area contributed by atoms with Crippen LogP contribution in [0.5, 0.6) is 0 Å². The Balaban J connectivity index is 1.03. The number of hydrogen-bond acceptors (Lipinski definition) is 0. The molecular formula is C64H40N2. The van der Waals surface area contributed by atoms with Gasteiger partial charge < -0.3 is 9.97 Å². The monoisotopic (exact) mass is 836 g/mol. The van der Waals surface area contributed by atoms with E-state index in [1.54, 1.807) is 0 Å². The zero-order valence-electron chi connectivity index (χ0n) is 35.9. The maximum Gasteiger partial charge on any atom is 0.0471 e. The number of aromatic amines is 2. The molecule has 2 nitrogen and oxygen atoms in total. The van der Waals surface area contributed by atoms with E-state index < -0.39 is 0 Å². The van der Waals surface area contributed by atoms with E-state index in [0.29, 0.717) is 0 Å². The number of fused-ring (bicyclic) bond motifs is 12. The molecule has 12 aromatic carbocycles. The predicted octanol–water partition coefficient (Wildman–Crippen LogP) is 17.9. The fraction of sp³-hybridized carbons (Fsp3) is 0. The molecule has 2 N–H and O–H groups in total. The van der Waals surface area contributed by atoms with Crippen LogP contribution in [0.4, 0.5) is 0 Å². The predicted molar refractivity (Wildman–Crippen MR) is 282 cm³/mol. The standard InChI is InChI=1S/C64H40N2/c1-2-13-41(14-3-1)50-25-12-27-52(51-26-10-19-42-31-35-56-63(60(42)51)53-33-29-44(37-58(53)65-56)48-23-8-17-39-15-4-6-21-46(39)48)62(50)55-28-11-20-43-32-36-57-64(61(43)55)54-34-30-45(38-59(54)66-57)49-24-9-18-40-16-5-7-22-47(40)49/h1-38,65-66H. The fourth-order valence-corrected chi connectivity index (χ4v) is 11.2. The first kappa shape index (κ1) is 36.7. The average molecular weight is 837 g/mol. The summed E-state index contributed by atoms with van der Waals surface area (Å²) in [6, 6.07) is 85.0. The average Bonchev–Trinajstić information content (AvgIpc) is 3.96. The minimum absolute atomic E-state index is 1.13. The fourth-order valence-electron chi connectivity index (χ4n) is 11.2. The van der Waals surface area contributed by atoms with Crippen LogP contribution < -0.4 is 0 Å². The van der Waals surface area contributed by atoms with Crippen molar-refractivity contribution in [1.82, 2.24) is 9.97 Å². The van der Waals surface area contributed by atoms with Gasteiger partial charge in [-0.05, 0) is 123 Å². The van der Waals surface area contributed by atoms with Gasteiger partial charge in [-0.3, -0.25) is 0 Å². The smallest absolute Gasteiger partial charge is 0.0471 e. The zero-order valence-corrected chi connectivity index (χ0v) is 35.9. The minimum Gasteiger partial charge on any atom is -0.354 e. The summed E-state index contributed by atoms with van der Waals surface area (Å²) in [5.74, 6) is 0. The van der Waals surface area contributed by atoms with E-state index in [0.717, 1.165) is 22.1 Å². The van der Waals surface area contributed by atoms with Crippen LogP contribution in [0.3, 0.4) is 0 Å². The van der Waals surface area contributed by atoms with Crippen LogP contribution >= 0.6 is 0 Å². The number of rotatable bonds is 5. The molecule has 0 aliphatic heterocycles. The summed E-state index contributed by atoms with van der Waals surface area (Å²) in [6.45, 7) is 0. The lowest BCUT2D eigenvalue weighted by molar-refractivity contribution is 1.54. The minimum atomic E-state index is 1.13. The Kier molecular flexibility index (Phi) is 8.02. The van der Waals surface area contributed by atoms with E-state index in [2.05, 4.69) is 240 Å². The topological polar surface area (TPSA) is 31.6 Å². The van der Waals surface area contributed by atoms with Crippen molar-refractivity contribution >= 4 is 86.7 Å². The molecule has 0 radical (unpaired) electrons. The van der Waals surface area contributed by atoms with Crippen LogP contribution in [-0.2, 0) is 0 Å². The van der Waals surface area contributed by atoms with Gasteiger partial charge in [0.05, 0.1) is 0 Å². The van der Waals surface area contributed by atoms with Gasteiger partial charge in [0.15, 0.2) is 0 Å². The van der Waals surface area contributed by atoms with Crippen LogP contribution in [0, 0.1) is 0 Å². The Morgan fingerprint density at radius 2 is 0.652 bits per heavy atom. The molecule has 306 valence electrons. The van der Waals surface area contributed by atoms with Crippen LogP contribution in [-0.4, -0.2) is 9.97 Å². The highest BCUT2D eigenvalue weighted by Crippen LogP contribution is 2.49.